The Balaban J connectivity index is 1.69. The van der Waals surface area contributed by atoms with E-state index in [1.54, 1.807) is 0 Å². The Kier molecular flexibility index (Phi) is 5.12. The van der Waals surface area contributed by atoms with Gasteiger partial charge in [0.25, 0.3) is 0 Å². The third kappa shape index (κ3) is 3.86. The van der Waals surface area contributed by atoms with Crippen LogP contribution in [-0.2, 0) is 21.2 Å². The van der Waals surface area contributed by atoms with Crippen molar-refractivity contribution in [1.82, 2.24) is 19.5 Å². The van der Waals surface area contributed by atoms with E-state index in [0.29, 0.717) is 19.6 Å². The number of aromatic amines is 1. The fourth-order valence-electron chi connectivity index (χ4n) is 3.42. The first-order valence-corrected chi connectivity index (χ1v) is 10.2. The molecule has 1 amide bonds. The summed E-state index contributed by atoms with van der Waals surface area (Å²) in [7, 11) is -1.86. The molecular weight excluding hydrogens is 340 g/mol. The van der Waals surface area contributed by atoms with Crippen molar-refractivity contribution in [3.63, 3.8) is 0 Å². The van der Waals surface area contributed by atoms with Crippen LogP contribution >= 0.6 is 0 Å². The second-order valence-corrected chi connectivity index (χ2v) is 8.35. The predicted octanol–water partition coefficient (Wildman–Crippen LogP) is 0.402. The van der Waals surface area contributed by atoms with Gasteiger partial charge in [0.1, 0.15) is 6.04 Å². The van der Waals surface area contributed by atoms with Crippen LogP contribution in [0, 0.1) is 0 Å². The predicted molar refractivity (Wildman–Crippen MR) is 97.8 cm³/mol. The largest absolute Gasteiger partial charge is 0.361 e. The minimum Gasteiger partial charge on any atom is -0.361 e. The van der Waals surface area contributed by atoms with E-state index >= 15 is 0 Å². The van der Waals surface area contributed by atoms with Gasteiger partial charge in [-0.05, 0) is 18.1 Å². The number of nitrogens with zero attached hydrogens (tertiary/aromatic N) is 2. The van der Waals surface area contributed by atoms with E-state index in [2.05, 4.69) is 21.3 Å². The molecule has 1 aromatic carbocycles. The lowest BCUT2D eigenvalue weighted by atomic mass is 10.1. The highest BCUT2D eigenvalue weighted by molar-refractivity contribution is 7.88. The first-order valence-electron chi connectivity index (χ1n) is 8.36. The average Bonchev–Trinajstić information content (AvgIpc) is 3.01. The maximum absolute atomic E-state index is 12.1. The lowest BCUT2D eigenvalue weighted by molar-refractivity contribution is -0.126. The number of H-pyrrole nitrogens is 1. The molecule has 1 saturated heterocycles. The van der Waals surface area contributed by atoms with Gasteiger partial charge in [0.2, 0.25) is 15.9 Å². The molecule has 136 valence electrons. The molecule has 2 aromatic rings. The molecule has 0 radical (unpaired) electrons. The lowest BCUT2D eigenvalue weighted by Gasteiger charge is -2.38. The van der Waals surface area contributed by atoms with Crippen LogP contribution in [0.4, 0.5) is 0 Å². The molecule has 1 unspecified atom stereocenters. The minimum atomic E-state index is -3.40. The minimum absolute atomic E-state index is 0.262. The van der Waals surface area contributed by atoms with Gasteiger partial charge in [-0.2, -0.15) is 4.31 Å². The van der Waals surface area contributed by atoms with Gasteiger partial charge in [0, 0.05) is 50.3 Å². The Bertz CT molecular complexity index is 862. The molecule has 1 atom stereocenters. The number of aromatic nitrogens is 1. The summed E-state index contributed by atoms with van der Waals surface area (Å²) >= 11 is 0. The number of carbonyl (C=O) groups is 1. The van der Waals surface area contributed by atoms with Gasteiger partial charge in [0.15, 0.2) is 0 Å². The van der Waals surface area contributed by atoms with Crippen molar-refractivity contribution in [2.24, 2.45) is 0 Å². The number of rotatable bonds is 5. The molecule has 2 heterocycles. The molecule has 1 aliphatic heterocycles. The average molecular weight is 364 g/mol. The number of hydrogen-bond donors (Lipinski definition) is 2. The molecule has 0 spiro atoms. The van der Waals surface area contributed by atoms with Crippen LogP contribution in [0.3, 0.4) is 0 Å². The Morgan fingerprint density at radius 2 is 2.08 bits per heavy atom. The highest BCUT2D eigenvalue weighted by Crippen LogP contribution is 2.19. The van der Waals surface area contributed by atoms with Crippen molar-refractivity contribution in [1.29, 1.82) is 0 Å². The molecule has 8 heteroatoms. The van der Waals surface area contributed by atoms with E-state index in [-0.39, 0.29) is 5.91 Å². The smallest absolute Gasteiger partial charge is 0.239 e. The summed E-state index contributed by atoms with van der Waals surface area (Å²) in [5.74, 6) is -0.262. The van der Waals surface area contributed by atoms with Crippen molar-refractivity contribution < 1.29 is 13.2 Å². The summed E-state index contributed by atoms with van der Waals surface area (Å²) in [6, 6.07) is 7.49. The zero-order chi connectivity index (χ0) is 18.0. The Morgan fingerprint density at radius 1 is 1.32 bits per heavy atom. The van der Waals surface area contributed by atoms with Gasteiger partial charge in [-0.25, -0.2) is 8.42 Å². The monoisotopic (exact) mass is 364 g/mol. The van der Waals surface area contributed by atoms with E-state index in [4.69, 9.17) is 0 Å². The molecule has 0 saturated carbocycles. The Hall–Kier alpha value is -1.90. The summed E-state index contributed by atoms with van der Waals surface area (Å²) in [4.78, 5) is 17.6. The van der Waals surface area contributed by atoms with Crippen molar-refractivity contribution in [3.05, 3.63) is 36.0 Å². The third-order valence-electron chi connectivity index (χ3n) is 4.76. The van der Waals surface area contributed by atoms with E-state index < -0.39 is 16.1 Å². The summed E-state index contributed by atoms with van der Waals surface area (Å²) in [6.45, 7) is 2.16. The normalized spacial score (nSPS) is 20.0. The molecule has 1 aliphatic rings. The molecule has 25 heavy (non-hydrogen) atoms. The first-order chi connectivity index (χ1) is 11.9. The highest BCUT2D eigenvalue weighted by atomic mass is 32.2. The third-order valence-corrected chi connectivity index (χ3v) is 6.05. The zero-order valence-corrected chi connectivity index (χ0v) is 15.3. The van der Waals surface area contributed by atoms with Gasteiger partial charge in [0.05, 0.1) is 6.26 Å². The molecule has 7 nitrogen and oxygen atoms in total. The second-order valence-electron chi connectivity index (χ2n) is 6.41. The van der Waals surface area contributed by atoms with Crippen molar-refractivity contribution in [2.45, 2.75) is 12.5 Å². The number of sulfonamides is 1. The molecule has 2 N–H and O–H groups in total. The zero-order valence-electron chi connectivity index (χ0n) is 14.5. The molecule has 1 fully saturated rings. The van der Waals surface area contributed by atoms with Gasteiger partial charge in [-0.15, -0.1) is 0 Å². The van der Waals surface area contributed by atoms with Crippen LogP contribution in [0.15, 0.2) is 30.5 Å². The van der Waals surface area contributed by atoms with Crippen molar-refractivity contribution in [3.8, 4) is 0 Å². The van der Waals surface area contributed by atoms with Gasteiger partial charge in [-0.3, -0.25) is 9.69 Å². The number of carbonyl (C=O) groups excluding carboxylic acids is 1. The number of para-hydroxylation sites is 1. The Morgan fingerprint density at radius 3 is 2.80 bits per heavy atom. The number of fused-ring (bicyclic) bond motifs is 1. The van der Waals surface area contributed by atoms with Crippen LogP contribution < -0.4 is 5.32 Å². The van der Waals surface area contributed by atoms with Crippen LogP contribution in [0.5, 0.6) is 0 Å². The lowest BCUT2D eigenvalue weighted by Crippen LogP contribution is -2.60. The van der Waals surface area contributed by atoms with Crippen LogP contribution in [0.25, 0.3) is 10.9 Å². The fraction of sp³-hybridized carbons (Fsp3) is 0.471. The first kappa shape index (κ1) is 17.9. The van der Waals surface area contributed by atoms with E-state index in [9.17, 15) is 13.2 Å². The molecule has 3 rings (SSSR count). The summed E-state index contributed by atoms with van der Waals surface area (Å²) in [5.41, 5.74) is 2.35. The maximum atomic E-state index is 12.1. The number of likely N-dealkylation sites (N-methyl/N-ethyl adjacent to an activating group) is 1. The topological polar surface area (TPSA) is 85.5 Å². The number of benzene rings is 1. The van der Waals surface area contributed by atoms with Gasteiger partial charge in [-0.1, -0.05) is 18.2 Å². The fourth-order valence-corrected chi connectivity index (χ4v) is 4.46. The van der Waals surface area contributed by atoms with Crippen LogP contribution in [-0.4, -0.2) is 74.0 Å². The van der Waals surface area contributed by atoms with E-state index in [1.165, 1.54) is 22.3 Å². The molecule has 1 aromatic heterocycles. The molecule has 0 bridgehead atoms. The second kappa shape index (κ2) is 7.15. The van der Waals surface area contributed by atoms with E-state index in [1.807, 2.05) is 24.4 Å². The van der Waals surface area contributed by atoms with Crippen molar-refractivity contribution in [2.75, 3.05) is 39.5 Å². The highest BCUT2D eigenvalue weighted by Gasteiger charge is 2.36. The quantitative estimate of drug-likeness (QED) is 0.804. The number of nitrogens with one attached hydrogen (secondary N) is 2. The number of amides is 1. The SMILES string of the molecule is CNC(=O)C1CN(CCc2c[nH]c3ccccc23)CCN1S(C)(=O)=O. The summed E-state index contributed by atoms with van der Waals surface area (Å²) in [6.07, 6.45) is 4.03. The molecule has 0 aliphatic carbocycles. The van der Waals surface area contributed by atoms with Gasteiger partial charge >= 0.3 is 0 Å². The van der Waals surface area contributed by atoms with E-state index in [0.717, 1.165) is 24.7 Å². The van der Waals surface area contributed by atoms with Gasteiger partial charge < -0.3 is 10.3 Å². The van der Waals surface area contributed by atoms with Crippen LogP contribution in [0.1, 0.15) is 5.56 Å². The Labute approximate surface area is 148 Å². The standard InChI is InChI=1S/C17H24N4O3S/c1-18-17(22)16-12-20(9-10-21(16)25(2,23)24)8-7-13-11-19-15-6-4-3-5-14(13)15/h3-6,11,16,19H,7-10,12H2,1-2H3,(H,18,22). The molecular formula is C17H24N4O3S. The number of hydrogen-bond acceptors (Lipinski definition) is 4. The summed E-state index contributed by atoms with van der Waals surface area (Å²) in [5, 5.41) is 3.78. The van der Waals surface area contributed by atoms with Crippen LogP contribution in [0.2, 0.25) is 0 Å². The summed E-state index contributed by atoms with van der Waals surface area (Å²) < 4.78 is 25.2. The number of piperazine rings is 1. The maximum Gasteiger partial charge on any atom is 0.239 e. The van der Waals surface area contributed by atoms with Crippen molar-refractivity contribution >= 4 is 26.8 Å².